The van der Waals surface area contributed by atoms with Crippen molar-refractivity contribution in [3.8, 4) is 5.19 Å². The Morgan fingerprint density at radius 2 is 1.97 bits per heavy atom. The van der Waals surface area contributed by atoms with E-state index in [0.717, 1.165) is 23.1 Å². The molecule has 0 aliphatic heterocycles. The number of aromatic nitrogens is 4. The molecule has 0 aliphatic rings. The van der Waals surface area contributed by atoms with Crippen molar-refractivity contribution >= 4 is 27.5 Å². The Balaban J connectivity index is 1.89. The molecule has 162 valence electrons. The molecule has 2 aromatic heterocycles. The van der Waals surface area contributed by atoms with Crippen molar-refractivity contribution in [3.05, 3.63) is 36.4 Å². The standard InChI is InChI=1S/C22H30N4O3S/c1-5-15(6-2)19(26-14-23-13-24-26)16-9-10-17-18(11-16)30-21(25-17)29-12-22(7-3,8-4)20(27)28/h9-11,13-15,19H,5-8,12H2,1-4H3,(H,27,28). The van der Waals surface area contributed by atoms with Gasteiger partial charge in [0.05, 0.1) is 16.3 Å². The van der Waals surface area contributed by atoms with E-state index in [9.17, 15) is 9.90 Å². The first-order chi connectivity index (χ1) is 14.5. The van der Waals surface area contributed by atoms with Gasteiger partial charge in [-0.05, 0) is 36.5 Å². The molecule has 30 heavy (non-hydrogen) atoms. The van der Waals surface area contributed by atoms with Crippen LogP contribution in [0.15, 0.2) is 30.9 Å². The normalized spacial score (nSPS) is 13.1. The smallest absolute Gasteiger partial charge is 0.313 e. The van der Waals surface area contributed by atoms with Gasteiger partial charge in [0, 0.05) is 0 Å². The summed E-state index contributed by atoms with van der Waals surface area (Å²) in [5.74, 6) is -0.380. The topological polar surface area (TPSA) is 90.1 Å². The Bertz CT molecular complexity index is 962. The zero-order chi connectivity index (χ0) is 21.7. The van der Waals surface area contributed by atoms with Crippen molar-refractivity contribution in [3.63, 3.8) is 0 Å². The number of carboxylic acids is 1. The molecule has 0 fully saturated rings. The first-order valence-corrected chi connectivity index (χ1v) is 11.4. The predicted octanol–water partition coefficient (Wildman–Crippen LogP) is 5.18. The number of aliphatic carboxylic acids is 1. The Morgan fingerprint density at radius 1 is 1.23 bits per heavy atom. The summed E-state index contributed by atoms with van der Waals surface area (Å²) in [5, 5.41) is 14.5. The summed E-state index contributed by atoms with van der Waals surface area (Å²) >= 11 is 1.45. The van der Waals surface area contributed by atoms with Crippen molar-refractivity contribution in [2.75, 3.05) is 6.61 Å². The molecule has 1 N–H and O–H groups in total. The fourth-order valence-electron chi connectivity index (χ4n) is 3.92. The van der Waals surface area contributed by atoms with E-state index >= 15 is 0 Å². The van der Waals surface area contributed by atoms with Gasteiger partial charge in [-0.1, -0.05) is 57.9 Å². The lowest BCUT2D eigenvalue weighted by Gasteiger charge is -2.25. The Hall–Kier alpha value is -2.48. The third-order valence-electron chi connectivity index (χ3n) is 6.23. The number of benzene rings is 1. The average Bonchev–Trinajstić information content (AvgIpc) is 3.42. The molecule has 0 spiro atoms. The number of hydrogen-bond acceptors (Lipinski definition) is 6. The van der Waals surface area contributed by atoms with Gasteiger partial charge >= 0.3 is 5.97 Å². The molecule has 7 nitrogen and oxygen atoms in total. The molecule has 0 saturated heterocycles. The lowest BCUT2D eigenvalue weighted by Crippen LogP contribution is -2.36. The molecule has 8 heteroatoms. The van der Waals surface area contributed by atoms with Crippen LogP contribution in [0.1, 0.15) is 65.0 Å². The van der Waals surface area contributed by atoms with Gasteiger partial charge in [0.1, 0.15) is 24.7 Å². The van der Waals surface area contributed by atoms with E-state index < -0.39 is 11.4 Å². The summed E-state index contributed by atoms with van der Waals surface area (Å²) in [6.45, 7) is 8.29. The summed E-state index contributed by atoms with van der Waals surface area (Å²) in [7, 11) is 0. The van der Waals surface area contributed by atoms with Crippen LogP contribution >= 0.6 is 11.3 Å². The van der Waals surface area contributed by atoms with Crippen LogP contribution in [0.4, 0.5) is 0 Å². The van der Waals surface area contributed by atoms with E-state index in [2.05, 4.69) is 41.0 Å². The minimum absolute atomic E-state index is 0.109. The second-order valence-corrected chi connectivity index (χ2v) is 8.68. The van der Waals surface area contributed by atoms with Gasteiger partial charge in [-0.25, -0.2) is 14.6 Å². The lowest BCUT2D eigenvalue weighted by atomic mass is 9.83. The number of thiazole rings is 1. The van der Waals surface area contributed by atoms with Gasteiger partial charge in [-0.15, -0.1) is 0 Å². The van der Waals surface area contributed by atoms with Crippen molar-refractivity contribution < 1.29 is 14.6 Å². The highest BCUT2D eigenvalue weighted by molar-refractivity contribution is 7.20. The van der Waals surface area contributed by atoms with E-state index in [4.69, 9.17) is 4.74 Å². The second kappa shape index (κ2) is 9.55. The minimum Gasteiger partial charge on any atom is -0.481 e. The molecule has 0 bridgehead atoms. The van der Waals surface area contributed by atoms with Crippen LogP contribution in [0, 0.1) is 11.3 Å². The molecule has 0 amide bonds. The quantitative estimate of drug-likeness (QED) is 0.451. The van der Waals surface area contributed by atoms with Crippen molar-refractivity contribution in [1.29, 1.82) is 0 Å². The number of carboxylic acid groups (broad SMARTS) is 1. The largest absolute Gasteiger partial charge is 0.481 e. The van der Waals surface area contributed by atoms with Gasteiger partial charge in [0.2, 0.25) is 0 Å². The molecule has 3 rings (SSSR count). The highest BCUT2D eigenvalue weighted by Crippen LogP contribution is 2.36. The van der Waals surface area contributed by atoms with Crippen LogP contribution in [0.3, 0.4) is 0 Å². The van der Waals surface area contributed by atoms with E-state index in [1.54, 1.807) is 12.7 Å². The van der Waals surface area contributed by atoms with Crippen LogP contribution in [-0.4, -0.2) is 37.4 Å². The van der Waals surface area contributed by atoms with E-state index in [-0.39, 0.29) is 12.6 Å². The molecule has 0 aliphatic carbocycles. The van der Waals surface area contributed by atoms with Crippen molar-refractivity contribution in [2.45, 2.75) is 59.4 Å². The second-order valence-electron chi connectivity index (χ2n) is 7.69. The summed E-state index contributed by atoms with van der Waals surface area (Å²) in [4.78, 5) is 20.4. The van der Waals surface area contributed by atoms with Gasteiger partial charge < -0.3 is 9.84 Å². The third-order valence-corrected chi connectivity index (χ3v) is 7.16. The minimum atomic E-state index is -0.878. The van der Waals surface area contributed by atoms with Crippen LogP contribution < -0.4 is 4.74 Å². The van der Waals surface area contributed by atoms with Gasteiger partial charge in [-0.3, -0.25) is 4.79 Å². The molecule has 2 heterocycles. The van der Waals surface area contributed by atoms with E-state index in [1.165, 1.54) is 16.9 Å². The van der Waals surface area contributed by atoms with E-state index in [0.29, 0.717) is 24.0 Å². The molecule has 1 unspecified atom stereocenters. The van der Waals surface area contributed by atoms with Crippen LogP contribution in [0.5, 0.6) is 5.19 Å². The molecule has 3 aromatic rings. The highest BCUT2D eigenvalue weighted by atomic mass is 32.1. The first kappa shape index (κ1) is 22.2. The van der Waals surface area contributed by atoms with Crippen LogP contribution in [0.25, 0.3) is 10.2 Å². The Morgan fingerprint density at radius 3 is 2.53 bits per heavy atom. The summed E-state index contributed by atoms with van der Waals surface area (Å²) in [6.07, 6.45) is 6.46. The molecular weight excluding hydrogens is 400 g/mol. The number of fused-ring (bicyclic) bond motifs is 1. The Kier molecular flexibility index (Phi) is 7.07. The predicted molar refractivity (Wildman–Crippen MR) is 118 cm³/mol. The van der Waals surface area contributed by atoms with Crippen LogP contribution in [0.2, 0.25) is 0 Å². The maximum atomic E-state index is 11.7. The number of ether oxygens (including phenoxy) is 1. The van der Waals surface area contributed by atoms with Gasteiger partial charge in [-0.2, -0.15) is 5.10 Å². The first-order valence-electron chi connectivity index (χ1n) is 10.6. The number of nitrogens with zero attached hydrogens (tertiary/aromatic N) is 4. The van der Waals surface area contributed by atoms with Gasteiger partial charge in [0.15, 0.2) is 0 Å². The number of rotatable bonds is 11. The molecule has 1 aromatic carbocycles. The maximum Gasteiger partial charge on any atom is 0.313 e. The van der Waals surface area contributed by atoms with E-state index in [1.807, 2.05) is 24.6 Å². The highest BCUT2D eigenvalue weighted by Gasteiger charge is 2.36. The molecule has 1 atom stereocenters. The molecule has 0 radical (unpaired) electrons. The zero-order valence-electron chi connectivity index (χ0n) is 18.0. The van der Waals surface area contributed by atoms with Crippen molar-refractivity contribution in [2.24, 2.45) is 11.3 Å². The Labute approximate surface area is 181 Å². The third kappa shape index (κ3) is 4.33. The number of carbonyl (C=O) groups is 1. The van der Waals surface area contributed by atoms with Crippen molar-refractivity contribution in [1.82, 2.24) is 19.7 Å². The fraction of sp³-hybridized carbons (Fsp3) is 0.545. The van der Waals surface area contributed by atoms with Gasteiger partial charge in [0.25, 0.3) is 5.19 Å². The van der Waals surface area contributed by atoms with Crippen LogP contribution in [-0.2, 0) is 4.79 Å². The maximum absolute atomic E-state index is 11.7. The summed E-state index contributed by atoms with van der Waals surface area (Å²) in [6, 6.07) is 6.35. The molecular formula is C22H30N4O3S. The number of hydrogen-bond donors (Lipinski definition) is 1. The average molecular weight is 431 g/mol. The zero-order valence-corrected chi connectivity index (χ0v) is 18.9. The SMILES string of the molecule is CCC(CC)C(c1ccc2nc(OCC(CC)(CC)C(=O)O)sc2c1)n1cncn1. The summed E-state index contributed by atoms with van der Waals surface area (Å²) in [5.41, 5.74) is 1.14. The lowest BCUT2D eigenvalue weighted by molar-refractivity contribution is -0.151. The monoisotopic (exact) mass is 430 g/mol. The summed E-state index contributed by atoms with van der Waals surface area (Å²) < 4.78 is 8.81. The fourth-order valence-corrected chi connectivity index (χ4v) is 4.78. The molecule has 0 saturated carbocycles.